The largest absolute Gasteiger partial charge is 0.354 e. The van der Waals surface area contributed by atoms with Gasteiger partial charge in [0.25, 0.3) is 0 Å². The lowest BCUT2D eigenvalue weighted by Gasteiger charge is -2.28. The summed E-state index contributed by atoms with van der Waals surface area (Å²) in [6, 6.07) is 12.3. The Balaban J connectivity index is 1.96. The lowest BCUT2D eigenvalue weighted by Crippen LogP contribution is -2.48. The maximum absolute atomic E-state index is 13.1. The van der Waals surface area contributed by atoms with Crippen LogP contribution in [0, 0.1) is 12.7 Å². The molecule has 1 atom stereocenters. The first-order valence-electron chi connectivity index (χ1n) is 8.76. The fourth-order valence-corrected chi connectivity index (χ4v) is 3.98. The van der Waals surface area contributed by atoms with E-state index in [1.54, 1.807) is 0 Å². The molecular formula is C20H25FN2O3S. The number of hydrogen-bond acceptors (Lipinski definition) is 3. The number of halogens is 1. The molecule has 0 aromatic heterocycles. The second kappa shape index (κ2) is 8.99. The highest BCUT2D eigenvalue weighted by Gasteiger charge is 2.28. The van der Waals surface area contributed by atoms with Crippen LogP contribution in [0.1, 0.15) is 24.5 Å². The molecule has 27 heavy (non-hydrogen) atoms. The van der Waals surface area contributed by atoms with Crippen LogP contribution in [0.2, 0.25) is 0 Å². The SMILES string of the molecule is Cc1ccc(CCCNC(=O)C(C)N(c2ccc(F)cc2)S(C)(=O)=O)cc1. The van der Waals surface area contributed by atoms with Gasteiger partial charge in [0, 0.05) is 6.54 Å². The van der Waals surface area contributed by atoms with Crippen LogP contribution < -0.4 is 9.62 Å². The summed E-state index contributed by atoms with van der Waals surface area (Å²) >= 11 is 0. The van der Waals surface area contributed by atoms with E-state index in [0.717, 1.165) is 23.4 Å². The highest BCUT2D eigenvalue weighted by molar-refractivity contribution is 7.92. The van der Waals surface area contributed by atoms with E-state index in [0.29, 0.717) is 6.54 Å². The normalized spacial score (nSPS) is 12.4. The van der Waals surface area contributed by atoms with E-state index in [1.165, 1.54) is 42.3 Å². The van der Waals surface area contributed by atoms with Crippen molar-refractivity contribution in [3.63, 3.8) is 0 Å². The third-order valence-corrected chi connectivity index (χ3v) is 5.47. The van der Waals surface area contributed by atoms with Crippen LogP contribution in [-0.4, -0.2) is 33.2 Å². The van der Waals surface area contributed by atoms with Gasteiger partial charge in [-0.2, -0.15) is 0 Å². The minimum atomic E-state index is -3.70. The Morgan fingerprint density at radius 1 is 1.11 bits per heavy atom. The van der Waals surface area contributed by atoms with Crippen molar-refractivity contribution in [2.24, 2.45) is 0 Å². The van der Waals surface area contributed by atoms with Crippen LogP contribution >= 0.6 is 0 Å². The number of rotatable bonds is 8. The van der Waals surface area contributed by atoms with E-state index in [4.69, 9.17) is 0 Å². The number of carbonyl (C=O) groups is 1. The predicted octanol–water partition coefficient (Wildman–Crippen LogP) is 3.04. The summed E-state index contributed by atoms with van der Waals surface area (Å²) in [7, 11) is -3.70. The van der Waals surface area contributed by atoms with Crippen LogP contribution in [0.3, 0.4) is 0 Å². The number of sulfonamides is 1. The van der Waals surface area contributed by atoms with E-state index in [9.17, 15) is 17.6 Å². The van der Waals surface area contributed by atoms with Crippen molar-refractivity contribution in [2.75, 3.05) is 17.1 Å². The highest BCUT2D eigenvalue weighted by Crippen LogP contribution is 2.21. The van der Waals surface area contributed by atoms with Crippen LogP contribution in [-0.2, 0) is 21.2 Å². The lowest BCUT2D eigenvalue weighted by molar-refractivity contribution is -0.121. The highest BCUT2D eigenvalue weighted by atomic mass is 32.2. The molecule has 0 spiro atoms. The van der Waals surface area contributed by atoms with Crippen LogP contribution in [0.15, 0.2) is 48.5 Å². The van der Waals surface area contributed by atoms with Gasteiger partial charge in [0.2, 0.25) is 15.9 Å². The fourth-order valence-electron chi connectivity index (χ4n) is 2.80. The third kappa shape index (κ3) is 6.06. The predicted molar refractivity (Wildman–Crippen MR) is 106 cm³/mol. The molecule has 146 valence electrons. The number of hydrogen-bond donors (Lipinski definition) is 1. The number of benzene rings is 2. The molecule has 0 aliphatic heterocycles. The molecule has 0 heterocycles. The Bertz CT molecular complexity index is 865. The third-order valence-electron chi connectivity index (χ3n) is 4.23. The van der Waals surface area contributed by atoms with Crippen molar-refractivity contribution >= 4 is 21.6 Å². The topological polar surface area (TPSA) is 66.5 Å². The first-order valence-corrected chi connectivity index (χ1v) is 10.6. The maximum atomic E-state index is 13.1. The summed E-state index contributed by atoms with van der Waals surface area (Å²) in [4.78, 5) is 12.4. The molecule has 2 aromatic rings. The molecule has 1 amide bonds. The van der Waals surface area contributed by atoms with Crippen LogP contribution in [0.4, 0.5) is 10.1 Å². The fraction of sp³-hybridized carbons (Fsp3) is 0.350. The summed E-state index contributed by atoms with van der Waals surface area (Å²) < 4.78 is 38.4. The zero-order valence-corrected chi connectivity index (χ0v) is 16.6. The summed E-state index contributed by atoms with van der Waals surface area (Å²) in [5.74, 6) is -0.867. The Morgan fingerprint density at radius 2 is 1.70 bits per heavy atom. The zero-order valence-electron chi connectivity index (χ0n) is 15.8. The van der Waals surface area contributed by atoms with Gasteiger partial charge < -0.3 is 5.32 Å². The van der Waals surface area contributed by atoms with Gasteiger partial charge in [-0.15, -0.1) is 0 Å². The molecule has 2 rings (SSSR count). The van der Waals surface area contributed by atoms with Gasteiger partial charge in [0.05, 0.1) is 11.9 Å². The standard InChI is InChI=1S/C20H25FN2O3S/c1-15-6-8-17(9-7-15)5-4-14-22-20(24)16(2)23(27(3,25)26)19-12-10-18(21)11-13-19/h6-13,16H,4-5,14H2,1-3H3,(H,22,24). The van der Waals surface area contributed by atoms with Gasteiger partial charge in [0.15, 0.2) is 0 Å². The van der Waals surface area contributed by atoms with Gasteiger partial charge in [0.1, 0.15) is 11.9 Å². The molecule has 0 bridgehead atoms. The Hall–Kier alpha value is -2.41. The van der Waals surface area contributed by atoms with Crippen molar-refractivity contribution in [3.05, 3.63) is 65.5 Å². The number of nitrogens with zero attached hydrogens (tertiary/aromatic N) is 1. The lowest BCUT2D eigenvalue weighted by atomic mass is 10.1. The molecule has 0 radical (unpaired) electrons. The Morgan fingerprint density at radius 3 is 2.26 bits per heavy atom. The molecule has 0 saturated heterocycles. The van der Waals surface area contributed by atoms with Crippen molar-refractivity contribution in [1.29, 1.82) is 0 Å². The molecule has 2 aromatic carbocycles. The molecule has 1 unspecified atom stereocenters. The van der Waals surface area contributed by atoms with E-state index in [1.807, 2.05) is 19.1 Å². The van der Waals surface area contributed by atoms with Crippen molar-refractivity contribution < 1.29 is 17.6 Å². The second-order valence-electron chi connectivity index (χ2n) is 6.59. The van der Waals surface area contributed by atoms with Crippen LogP contribution in [0.25, 0.3) is 0 Å². The van der Waals surface area contributed by atoms with Gasteiger partial charge in [-0.25, -0.2) is 12.8 Å². The zero-order chi connectivity index (χ0) is 20.0. The van der Waals surface area contributed by atoms with Gasteiger partial charge in [-0.05, 0) is 56.5 Å². The van der Waals surface area contributed by atoms with E-state index >= 15 is 0 Å². The summed E-state index contributed by atoms with van der Waals surface area (Å²) in [5, 5.41) is 2.78. The number of nitrogens with one attached hydrogen (secondary N) is 1. The molecule has 0 fully saturated rings. The quantitative estimate of drug-likeness (QED) is 0.702. The summed E-state index contributed by atoms with van der Waals surface area (Å²) in [5.41, 5.74) is 2.63. The summed E-state index contributed by atoms with van der Waals surface area (Å²) in [6.45, 7) is 3.98. The molecule has 1 N–H and O–H groups in total. The first-order chi connectivity index (χ1) is 12.7. The van der Waals surface area contributed by atoms with E-state index in [-0.39, 0.29) is 5.69 Å². The average molecular weight is 392 g/mol. The maximum Gasteiger partial charge on any atom is 0.243 e. The monoisotopic (exact) mass is 392 g/mol. The molecule has 0 aliphatic rings. The van der Waals surface area contributed by atoms with Gasteiger partial charge >= 0.3 is 0 Å². The van der Waals surface area contributed by atoms with Crippen molar-refractivity contribution in [3.8, 4) is 0 Å². The Labute approximate surface area is 160 Å². The Kier molecular flexibility index (Phi) is 6.96. The van der Waals surface area contributed by atoms with Crippen molar-refractivity contribution in [2.45, 2.75) is 32.7 Å². The molecule has 5 nitrogen and oxygen atoms in total. The number of amides is 1. The number of carbonyl (C=O) groups excluding carboxylic acids is 1. The van der Waals surface area contributed by atoms with Gasteiger partial charge in [-0.3, -0.25) is 9.10 Å². The minimum Gasteiger partial charge on any atom is -0.354 e. The molecule has 0 aliphatic carbocycles. The van der Waals surface area contributed by atoms with E-state index < -0.39 is 27.8 Å². The molecule has 7 heteroatoms. The first kappa shape index (κ1) is 20.9. The van der Waals surface area contributed by atoms with E-state index in [2.05, 4.69) is 17.4 Å². The molecule has 0 saturated carbocycles. The van der Waals surface area contributed by atoms with Gasteiger partial charge in [-0.1, -0.05) is 29.8 Å². The van der Waals surface area contributed by atoms with Crippen LogP contribution in [0.5, 0.6) is 0 Å². The summed E-state index contributed by atoms with van der Waals surface area (Å²) in [6.07, 6.45) is 2.59. The van der Waals surface area contributed by atoms with Crippen molar-refractivity contribution in [1.82, 2.24) is 5.32 Å². The molecular weight excluding hydrogens is 367 g/mol. The second-order valence-corrected chi connectivity index (χ2v) is 8.45. The minimum absolute atomic E-state index is 0.251. The number of anilines is 1. The average Bonchev–Trinajstić information content (AvgIpc) is 2.60. The number of aryl methyl sites for hydroxylation is 2. The smallest absolute Gasteiger partial charge is 0.243 e.